The molecule has 1 fully saturated rings. The summed E-state index contributed by atoms with van der Waals surface area (Å²) >= 11 is 8.13. The smallest absolute Gasteiger partial charge is 0.255 e. The zero-order valence-electron chi connectivity index (χ0n) is 23.4. The van der Waals surface area contributed by atoms with Gasteiger partial charge in [-0.3, -0.25) is 9.59 Å². The SMILES string of the molecule is CC(C)c1ccc(OCC2c3ccsc3CCN2C(=O)CN(CCN2CCCC2)C(=O)c2ccccc2Cl)cc1. The lowest BCUT2D eigenvalue weighted by Crippen LogP contribution is -2.49. The fourth-order valence-corrected chi connectivity index (χ4v) is 6.72. The number of hydrogen-bond donors (Lipinski definition) is 0. The highest BCUT2D eigenvalue weighted by Crippen LogP contribution is 2.34. The maximum Gasteiger partial charge on any atom is 0.255 e. The number of carbonyl (C=O) groups excluding carboxylic acids is 2. The minimum Gasteiger partial charge on any atom is -0.491 e. The summed E-state index contributed by atoms with van der Waals surface area (Å²) in [5, 5.41) is 2.49. The van der Waals surface area contributed by atoms with Crippen LogP contribution in [0.1, 0.15) is 65.0 Å². The van der Waals surface area contributed by atoms with Gasteiger partial charge in [0.05, 0.1) is 16.6 Å². The molecule has 0 spiro atoms. The highest BCUT2D eigenvalue weighted by molar-refractivity contribution is 7.10. The molecule has 6 nitrogen and oxygen atoms in total. The molecule has 1 unspecified atom stereocenters. The van der Waals surface area contributed by atoms with Crippen molar-refractivity contribution in [3.8, 4) is 5.75 Å². The zero-order valence-corrected chi connectivity index (χ0v) is 24.9. The fourth-order valence-electron chi connectivity index (χ4n) is 5.58. The van der Waals surface area contributed by atoms with Crippen molar-refractivity contribution in [1.29, 1.82) is 0 Å². The van der Waals surface area contributed by atoms with Crippen LogP contribution < -0.4 is 4.74 Å². The van der Waals surface area contributed by atoms with Crippen molar-refractivity contribution in [2.45, 2.75) is 45.1 Å². The number of fused-ring (bicyclic) bond motifs is 1. The van der Waals surface area contributed by atoms with Crippen LogP contribution in [-0.2, 0) is 11.2 Å². The van der Waals surface area contributed by atoms with Crippen LogP contribution in [-0.4, -0.2) is 72.4 Å². The summed E-state index contributed by atoms with van der Waals surface area (Å²) in [5.41, 5.74) is 2.84. The third-order valence-corrected chi connectivity index (χ3v) is 9.30. The monoisotopic (exact) mass is 579 g/mol. The van der Waals surface area contributed by atoms with E-state index in [2.05, 4.69) is 42.3 Å². The van der Waals surface area contributed by atoms with Crippen molar-refractivity contribution in [2.75, 3.05) is 45.9 Å². The number of halogens is 1. The number of amides is 2. The minimum atomic E-state index is -0.205. The number of nitrogens with zero attached hydrogens (tertiary/aromatic N) is 3. The number of thiophene rings is 1. The first-order chi connectivity index (χ1) is 19.4. The Morgan fingerprint density at radius 2 is 1.80 bits per heavy atom. The van der Waals surface area contributed by atoms with Gasteiger partial charge in [0.1, 0.15) is 18.9 Å². The molecule has 0 saturated carbocycles. The van der Waals surface area contributed by atoms with E-state index in [1.165, 1.54) is 23.3 Å². The summed E-state index contributed by atoms with van der Waals surface area (Å²) in [7, 11) is 0. The average Bonchev–Trinajstić information content (AvgIpc) is 3.66. The second-order valence-corrected chi connectivity index (χ2v) is 12.3. The summed E-state index contributed by atoms with van der Waals surface area (Å²) in [6, 6.07) is 17.2. The van der Waals surface area contributed by atoms with E-state index >= 15 is 0 Å². The molecule has 2 aliphatic heterocycles. The lowest BCUT2D eigenvalue weighted by Gasteiger charge is -2.37. The van der Waals surface area contributed by atoms with E-state index in [1.807, 2.05) is 29.2 Å². The van der Waals surface area contributed by atoms with Gasteiger partial charge in [0.15, 0.2) is 0 Å². The standard InChI is InChI=1S/C32H38ClN3O3S/c1-23(2)24-9-11-25(12-10-24)39-22-29-27-14-20-40-30(27)13-17-36(29)31(37)21-35(19-18-34-15-5-6-16-34)32(38)26-7-3-4-8-28(26)33/h3-4,7-12,14,20,23,29H,5-6,13,15-19,21-22H2,1-2H3. The molecular formula is C32H38ClN3O3S. The molecule has 0 radical (unpaired) electrons. The third kappa shape index (κ3) is 6.70. The van der Waals surface area contributed by atoms with E-state index in [4.69, 9.17) is 16.3 Å². The molecule has 0 bridgehead atoms. The molecule has 8 heteroatoms. The predicted molar refractivity (Wildman–Crippen MR) is 162 cm³/mol. The lowest BCUT2D eigenvalue weighted by atomic mass is 10.00. The largest absolute Gasteiger partial charge is 0.491 e. The molecule has 2 amide bonds. The van der Waals surface area contributed by atoms with Gasteiger partial charge >= 0.3 is 0 Å². The van der Waals surface area contributed by atoms with Crippen LogP contribution >= 0.6 is 22.9 Å². The van der Waals surface area contributed by atoms with Gasteiger partial charge in [0.2, 0.25) is 5.91 Å². The summed E-state index contributed by atoms with van der Waals surface area (Å²) in [5.74, 6) is 0.975. The molecule has 0 N–H and O–H groups in total. The highest BCUT2D eigenvalue weighted by atomic mass is 35.5. The molecule has 1 saturated heterocycles. The Hall–Kier alpha value is -2.87. The van der Waals surface area contributed by atoms with Crippen molar-refractivity contribution >= 4 is 34.8 Å². The second-order valence-electron chi connectivity index (χ2n) is 10.9. The van der Waals surface area contributed by atoms with E-state index in [-0.39, 0.29) is 24.4 Å². The first-order valence-corrected chi connectivity index (χ1v) is 15.5. The Kier molecular flexibility index (Phi) is 9.45. The van der Waals surface area contributed by atoms with Crippen LogP contribution in [0.15, 0.2) is 60.0 Å². The van der Waals surface area contributed by atoms with Crippen molar-refractivity contribution < 1.29 is 14.3 Å². The topological polar surface area (TPSA) is 53.1 Å². The van der Waals surface area contributed by atoms with Gasteiger partial charge in [-0.15, -0.1) is 11.3 Å². The van der Waals surface area contributed by atoms with Gasteiger partial charge < -0.3 is 19.4 Å². The molecule has 3 heterocycles. The van der Waals surface area contributed by atoms with Crippen LogP contribution in [0.5, 0.6) is 5.75 Å². The normalized spacial score (nSPS) is 17.2. The summed E-state index contributed by atoms with van der Waals surface area (Å²) in [4.78, 5) is 34.8. The molecule has 40 heavy (non-hydrogen) atoms. The summed E-state index contributed by atoms with van der Waals surface area (Å²) in [6.07, 6.45) is 3.16. The Morgan fingerprint density at radius 1 is 1.05 bits per heavy atom. The minimum absolute atomic E-state index is 0.0109. The highest BCUT2D eigenvalue weighted by Gasteiger charge is 2.34. The van der Waals surface area contributed by atoms with Crippen LogP contribution in [0, 0.1) is 0 Å². The van der Waals surface area contributed by atoms with Crippen molar-refractivity contribution in [2.24, 2.45) is 0 Å². The van der Waals surface area contributed by atoms with Gasteiger partial charge in [0.25, 0.3) is 5.91 Å². The first-order valence-electron chi connectivity index (χ1n) is 14.3. The van der Waals surface area contributed by atoms with E-state index < -0.39 is 0 Å². The van der Waals surface area contributed by atoms with Crippen LogP contribution in [0.2, 0.25) is 5.02 Å². The van der Waals surface area contributed by atoms with Gasteiger partial charge in [-0.1, -0.05) is 49.7 Å². The van der Waals surface area contributed by atoms with Crippen molar-refractivity contribution in [3.63, 3.8) is 0 Å². The van der Waals surface area contributed by atoms with Crippen molar-refractivity contribution in [3.05, 3.63) is 86.6 Å². The number of ether oxygens (including phenoxy) is 1. The van der Waals surface area contributed by atoms with Crippen LogP contribution in [0.25, 0.3) is 0 Å². The number of hydrogen-bond acceptors (Lipinski definition) is 5. The first kappa shape index (κ1) is 28.7. The Balaban J connectivity index is 1.33. The zero-order chi connectivity index (χ0) is 28.1. The second kappa shape index (κ2) is 13.2. The van der Waals surface area contributed by atoms with Gasteiger partial charge in [-0.2, -0.15) is 0 Å². The lowest BCUT2D eigenvalue weighted by molar-refractivity contribution is -0.135. The Labute approximate surface area is 246 Å². The number of likely N-dealkylation sites (tertiary alicyclic amines) is 1. The predicted octanol–water partition coefficient (Wildman–Crippen LogP) is 6.27. The van der Waals surface area contributed by atoms with E-state index in [1.54, 1.807) is 28.4 Å². The van der Waals surface area contributed by atoms with E-state index in [0.29, 0.717) is 36.2 Å². The summed E-state index contributed by atoms with van der Waals surface area (Å²) < 4.78 is 6.25. The van der Waals surface area contributed by atoms with Crippen molar-refractivity contribution in [1.82, 2.24) is 14.7 Å². The summed E-state index contributed by atoms with van der Waals surface area (Å²) in [6.45, 7) is 8.62. The quantitative estimate of drug-likeness (QED) is 0.284. The molecule has 0 aliphatic carbocycles. The molecule has 1 aromatic heterocycles. The molecule has 2 aliphatic rings. The third-order valence-electron chi connectivity index (χ3n) is 7.97. The molecule has 2 aromatic carbocycles. The molecular weight excluding hydrogens is 542 g/mol. The fraction of sp³-hybridized carbons (Fsp3) is 0.438. The number of carbonyl (C=O) groups is 2. The number of rotatable bonds is 10. The molecule has 3 aromatic rings. The van der Waals surface area contributed by atoms with E-state index in [9.17, 15) is 9.59 Å². The maximum atomic E-state index is 13.9. The van der Waals surface area contributed by atoms with Gasteiger partial charge in [0, 0.05) is 24.5 Å². The van der Waals surface area contributed by atoms with E-state index in [0.717, 1.165) is 37.4 Å². The molecule has 5 rings (SSSR count). The Bertz CT molecular complexity index is 1300. The van der Waals surface area contributed by atoms with Gasteiger partial charge in [-0.05, 0) is 85.1 Å². The van der Waals surface area contributed by atoms with Crippen LogP contribution in [0.4, 0.5) is 0 Å². The number of benzene rings is 2. The molecule has 1 atom stereocenters. The Morgan fingerprint density at radius 3 is 2.52 bits per heavy atom. The maximum absolute atomic E-state index is 13.9. The van der Waals surface area contributed by atoms with Gasteiger partial charge in [-0.25, -0.2) is 0 Å². The average molecular weight is 580 g/mol. The molecule has 212 valence electrons. The van der Waals surface area contributed by atoms with Crippen LogP contribution in [0.3, 0.4) is 0 Å².